The van der Waals surface area contributed by atoms with Crippen LogP contribution >= 0.6 is 47.7 Å². The molecule has 0 radical (unpaired) electrons. The van der Waals surface area contributed by atoms with Gasteiger partial charge >= 0.3 is 0 Å². The summed E-state index contributed by atoms with van der Waals surface area (Å²) in [6.45, 7) is 2.71. The number of thiocarbonyl (C=S) groups is 1. The van der Waals surface area contributed by atoms with Gasteiger partial charge in [0.25, 0.3) is 0 Å². The molecule has 7 heteroatoms. The van der Waals surface area contributed by atoms with Crippen LogP contribution in [0.15, 0.2) is 42.5 Å². The van der Waals surface area contributed by atoms with Crippen molar-refractivity contribution in [1.29, 1.82) is 0 Å². The van der Waals surface area contributed by atoms with Gasteiger partial charge in [0, 0.05) is 24.7 Å². The number of nitrogens with zero attached hydrogens (tertiary/aromatic N) is 2. The highest BCUT2D eigenvalue weighted by Crippen LogP contribution is 2.42. The van der Waals surface area contributed by atoms with Crippen LogP contribution in [-0.2, 0) is 19.4 Å². The molecule has 0 spiro atoms. The summed E-state index contributed by atoms with van der Waals surface area (Å²) in [5.41, 5.74) is 5.42. The third-order valence-electron chi connectivity index (χ3n) is 4.64. The smallest absolute Gasteiger partial charge is 0.169 e. The highest BCUT2D eigenvalue weighted by molar-refractivity contribution is 8.33. The van der Waals surface area contributed by atoms with E-state index >= 15 is 0 Å². The fourth-order valence-electron chi connectivity index (χ4n) is 3.16. The number of hydrogen-bond acceptors (Lipinski definition) is 4. The number of benzene rings is 2. The van der Waals surface area contributed by atoms with Gasteiger partial charge in [-0.15, -0.1) is 0 Å². The average Bonchev–Trinajstić information content (AvgIpc) is 2.61. The number of nitrogens with one attached hydrogen (secondary N) is 1. The SMILES string of the molecule is S=C(NCCc1ccc(Cl)cc1)N1CCc2cc(N3SCS3)ccc2C1. The summed E-state index contributed by atoms with van der Waals surface area (Å²) in [6.07, 6.45) is 1.99. The third kappa shape index (κ3) is 4.25. The highest BCUT2D eigenvalue weighted by Gasteiger charge is 2.22. The van der Waals surface area contributed by atoms with Crippen LogP contribution in [0.25, 0.3) is 0 Å². The summed E-state index contributed by atoms with van der Waals surface area (Å²) in [7, 11) is 0. The Morgan fingerprint density at radius 3 is 2.65 bits per heavy atom. The molecule has 3 nitrogen and oxygen atoms in total. The molecule has 2 aliphatic heterocycles. The van der Waals surface area contributed by atoms with Gasteiger partial charge < -0.3 is 10.2 Å². The van der Waals surface area contributed by atoms with Crippen molar-refractivity contribution in [3.05, 3.63) is 64.2 Å². The van der Waals surface area contributed by atoms with Gasteiger partial charge in [0.2, 0.25) is 0 Å². The average molecular weight is 422 g/mol. The Morgan fingerprint density at radius 2 is 1.92 bits per heavy atom. The molecule has 1 saturated heterocycles. The summed E-state index contributed by atoms with van der Waals surface area (Å²) in [5, 5.41) is 6.18. The first-order chi connectivity index (χ1) is 12.7. The molecule has 2 aromatic rings. The predicted molar refractivity (Wildman–Crippen MR) is 119 cm³/mol. The van der Waals surface area contributed by atoms with Gasteiger partial charge in [-0.3, -0.25) is 3.71 Å². The molecule has 136 valence electrons. The van der Waals surface area contributed by atoms with Crippen molar-refractivity contribution in [2.45, 2.75) is 19.4 Å². The Bertz CT molecular complexity index is 793. The maximum Gasteiger partial charge on any atom is 0.169 e. The van der Waals surface area contributed by atoms with Crippen LogP contribution < -0.4 is 9.03 Å². The van der Waals surface area contributed by atoms with Crippen LogP contribution in [-0.4, -0.2) is 28.2 Å². The first-order valence-electron chi connectivity index (χ1n) is 8.64. The maximum absolute atomic E-state index is 5.93. The maximum atomic E-state index is 5.93. The Balaban J connectivity index is 1.30. The summed E-state index contributed by atoms with van der Waals surface area (Å²) in [6, 6.07) is 14.8. The van der Waals surface area contributed by atoms with Gasteiger partial charge in [0.1, 0.15) is 0 Å². The first kappa shape index (κ1) is 18.3. The van der Waals surface area contributed by atoms with Gasteiger partial charge in [-0.2, -0.15) is 0 Å². The van der Waals surface area contributed by atoms with E-state index in [1.165, 1.54) is 22.4 Å². The third-order valence-corrected chi connectivity index (χ3v) is 7.66. The van der Waals surface area contributed by atoms with Crippen LogP contribution in [0.2, 0.25) is 5.02 Å². The Labute approximate surface area is 173 Å². The fraction of sp³-hybridized carbons (Fsp3) is 0.316. The zero-order valence-electron chi connectivity index (χ0n) is 14.3. The van der Waals surface area contributed by atoms with Gasteiger partial charge in [-0.05, 0) is 89.9 Å². The lowest BCUT2D eigenvalue weighted by Crippen LogP contribution is -2.43. The normalized spacial score (nSPS) is 16.0. The zero-order valence-corrected chi connectivity index (χ0v) is 17.5. The molecule has 0 amide bonds. The first-order valence-corrected chi connectivity index (χ1v) is 11.3. The summed E-state index contributed by atoms with van der Waals surface area (Å²) in [5.74, 6) is 0. The van der Waals surface area contributed by atoms with Crippen molar-refractivity contribution < 1.29 is 0 Å². The standard InChI is InChI=1S/C19H20ClN3S3/c20-17-4-1-14(2-5-17)7-9-21-19(24)22-10-8-15-11-18(23-25-13-26-23)6-3-16(15)12-22/h1-6,11H,7-10,12-13H2,(H,21,24). The molecule has 0 saturated carbocycles. The minimum Gasteiger partial charge on any atom is -0.362 e. The predicted octanol–water partition coefficient (Wildman–Crippen LogP) is 4.89. The largest absolute Gasteiger partial charge is 0.362 e. The van der Waals surface area contributed by atoms with Crippen molar-refractivity contribution in [1.82, 2.24) is 10.2 Å². The summed E-state index contributed by atoms with van der Waals surface area (Å²) in [4.78, 5) is 2.27. The van der Waals surface area contributed by atoms with Gasteiger partial charge in [0.15, 0.2) is 5.11 Å². The van der Waals surface area contributed by atoms with Gasteiger partial charge in [0.05, 0.1) is 10.8 Å². The molecule has 0 aromatic heterocycles. The van der Waals surface area contributed by atoms with Crippen LogP contribution in [0.3, 0.4) is 0 Å². The van der Waals surface area contributed by atoms with E-state index in [4.69, 9.17) is 23.8 Å². The van der Waals surface area contributed by atoms with Crippen molar-refractivity contribution in [3.8, 4) is 0 Å². The van der Waals surface area contributed by atoms with Crippen LogP contribution in [0.4, 0.5) is 5.69 Å². The minimum atomic E-state index is 0.777. The van der Waals surface area contributed by atoms with Crippen molar-refractivity contribution >= 4 is 58.5 Å². The molecule has 2 aliphatic rings. The lowest BCUT2D eigenvalue weighted by atomic mass is 9.99. The van der Waals surface area contributed by atoms with Gasteiger partial charge in [-0.25, -0.2) is 0 Å². The Morgan fingerprint density at radius 1 is 1.12 bits per heavy atom. The molecule has 0 unspecified atom stereocenters. The second-order valence-electron chi connectivity index (χ2n) is 6.37. The molecule has 2 heterocycles. The second kappa shape index (κ2) is 8.30. The molecule has 26 heavy (non-hydrogen) atoms. The monoisotopic (exact) mass is 421 g/mol. The van der Waals surface area contributed by atoms with E-state index in [9.17, 15) is 0 Å². The van der Waals surface area contributed by atoms with Gasteiger partial charge in [-0.1, -0.05) is 29.8 Å². The van der Waals surface area contributed by atoms with Crippen LogP contribution in [0.5, 0.6) is 0 Å². The molecule has 1 N–H and O–H groups in total. The molecule has 0 bridgehead atoms. The van der Waals surface area contributed by atoms with E-state index in [0.717, 1.165) is 47.7 Å². The minimum absolute atomic E-state index is 0.777. The van der Waals surface area contributed by atoms with Crippen molar-refractivity contribution in [3.63, 3.8) is 0 Å². The lowest BCUT2D eigenvalue weighted by molar-refractivity contribution is 0.387. The fourth-order valence-corrected chi connectivity index (χ4v) is 4.91. The van der Waals surface area contributed by atoms with E-state index in [2.05, 4.69) is 44.3 Å². The zero-order chi connectivity index (χ0) is 17.9. The summed E-state index contributed by atoms with van der Waals surface area (Å²) >= 11 is 15.3. The van der Waals surface area contributed by atoms with Crippen LogP contribution in [0.1, 0.15) is 16.7 Å². The van der Waals surface area contributed by atoms with E-state index in [-0.39, 0.29) is 0 Å². The Kier molecular flexibility index (Phi) is 5.84. The molecule has 4 rings (SSSR count). The van der Waals surface area contributed by atoms with E-state index in [0.29, 0.717) is 0 Å². The molecule has 2 aromatic carbocycles. The van der Waals surface area contributed by atoms with Crippen LogP contribution in [0, 0.1) is 0 Å². The lowest BCUT2D eigenvalue weighted by Gasteiger charge is -2.33. The highest BCUT2D eigenvalue weighted by atomic mass is 35.5. The van der Waals surface area contributed by atoms with Crippen molar-refractivity contribution in [2.75, 3.05) is 21.9 Å². The number of anilines is 1. The topological polar surface area (TPSA) is 18.5 Å². The number of halogens is 1. The molecular formula is C19H20ClN3S3. The quantitative estimate of drug-likeness (QED) is 0.555. The van der Waals surface area contributed by atoms with E-state index in [1.54, 1.807) is 0 Å². The second-order valence-corrected chi connectivity index (χ2v) is 9.61. The van der Waals surface area contributed by atoms with E-state index < -0.39 is 0 Å². The molecule has 1 fully saturated rings. The number of hydrogen-bond donors (Lipinski definition) is 1. The number of rotatable bonds is 4. The Hall–Kier alpha value is -1.08. The summed E-state index contributed by atoms with van der Waals surface area (Å²) < 4.78 is 2.29. The van der Waals surface area contributed by atoms with E-state index in [1.807, 2.05) is 36.0 Å². The molecule has 0 atom stereocenters. The van der Waals surface area contributed by atoms with Crippen molar-refractivity contribution in [2.24, 2.45) is 0 Å². The molecule has 0 aliphatic carbocycles. The number of fused-ring (bicyclic) bond motifs is 1. The molecular weight excluding hydrogens is 402 g/mol.